The summed E-state index contributed by atoms with van der Waals surface area (Å²) in [6, 6.07) is 11.5. The average molecular weight is 641 g/mol. The Balaban J connectivity index is 0.00000722. The number of nitrogens with one attached hydrogen (secondary N) is 1. The Kier molecular flexibility index (Phi) is 19.6. The lowest BCUT2D eigenvalue weighted by atomic mass is 10.1. The number of hydrogen-bond donors (Lipinski definition) is 1. The molecule has 0 aliphatic rings. The van der Waals surface area contributed by atoms with Crippen molar-refractivity contribution in [2.24, 2.45) is 7.05 Å². The van der Waals surface area contributed by atoms with Crippen LogP contribution in [0.2, 0.25) is 0 Å². The lowest BCUT2D eigenvalue weighted by Gasteiger charge is -2.13. The molecule has 1 N–H and O–H groups in total. The highest BCUT2D eigenvalue weighted by atomic mass is 127. The van der Waals surface area contributed by atoms with E-state index in [0.29, 0.717) is 30.4 Å². The Hall–Kier alpha value is -2.03. The first-order valence-corrected chi connectivity index (χ1v) is 14.3. The summed E-state index contributed by atoms with van der Waals surface area (Å²) in [5, 5.41) is 2.90. The summed E-state index contributed by atoms with van der Waals surface area (Å²) in [4.78, 5) is 12.2. The Morgan fingerprint density at radius 1 is 0.842 bits per heavy atom. The highest BCUT2D eigenvalue weighted by molar-refractivity contribution is 5.77. The highest BCUT2D eigenvalue weighted by Gasteiger charge is 2.10. The van der Waals surface area contributed by atoms with Gasteiger partial charge in [-0.05, 0) is 18.6 Å². The lowest BCUT2D eigenvalue weighted by molar-refractivity contribution is -0.679. The molecule has 38 heavy (non-hydrogen) atoms. The molecule has 0 aliphatic carbocycles. The van der Waals surface area contributed by atoms with E-state index in [1.165, 1.54) is 70.6 Å². The number of rotatable bonds is 21. The number of pyridine rings is 1. The van der Waals surface area contributed by atoms with Crippen molar-refractivity contribution in [3.8, 4) is 17.2 Å². The number of carbonyl (C=O) groups excluding carboxylic acids is 1. The van der Waals surface area contributed by atoms with Crippen LogP contribution in [0.3, 0.4) is 0 Å². The molecular weight excluding hydrogens is 591 g/mol. The number of nitrogens with zero attached hydrogens (tertiary/aromatic N) is 1. The highest BCUT2D eigenvalue weighted by Crippen LogP contribution is 2.31. The molecule has 0 unspecified atom stereocenters. The predicted molar refractivity (Wildman–Crippen MR) is 149 cm³/mol. The number of benzene rings is 1. The Morgan fingerprint density at radius 2 is 1.50 bits per heavy atom. The summed E-state index contributed by atoms with van der Waals surface area (Å²) in [5.41, 5.74) is 1.16. The van der Waals surface area contributed by atoms with Gasteiger partial charge in [-0.2, -0.15) is 0 Å². The molecule has 0 aliphatic heterocycles. The summed E-state index contributed by atoms with van der Waals surface area (Å²) in [5.74, 6) is 1.76. The number of carbonyl (C=O) groups is 1. The topological polar surface area (TPSA) is 60.7 Å². The molecule has 1 amide bonds. The summed E-state index contributed by atoms with van der Waals surface area (Å²) in [7, 11) is 3.62. The smallest absolute Gasteiger partial charge is 0.257 e. The Labute approximate surface area is 247 Å². The summed E-state index contributed by atoms with van der Waals surface area (Å²) < 4.78 is 19.1. The third-order valence-corrected chi connectivity index (χ3v) is 6.63. The first-order chi connectivity index (χ1) is 18.1. The molecular formula is C31H49IN2O4. The zero-order valence-corrected chi connectivity index (χ0v) is 26.0. The van der Waals surface area contributed by atoms with Crippen molar-refractivity contribution in [1.29, 1.82) is 0 Å². The zero-order valence-electron chi connectivity index (χ0n) is 23.8. The monoisotopic (exact) mass is 640 g/mol. The van der Waals surface area contributed by atoms with Gasteiger partial charge in [0.05, 0.1) is 13.7 Å². The number of halogens is 1. The van der Waals surface area contributed by atoms with Crippen LogP contribution in [0, 0.1) is 0 Å². The van der Waals surface area contributed by atoms with E-state index >= 15 is 0 Å². The molecule has 0 radical (unpaired) electrons. The van der Waals surface area contributed by atoms with Gasteiger partial charge in [-0.25, -0.2) is 4.57 Å². The largest absolute Gasteiger partial charge is 1.00 e. The maximum Gasteiger partial charge on any atom is 0.257 e. The predicted octanol–water partition coefficient (Wildman–Crippen LogP) is 3.34. The van der Waals surface area contributed by atoms with Crippen LogP contribution in [0.25, 0.3) is 0 Å². The van der Waals surface area contributed by atoms with Gasteiger partial charge < -0.3 is 43.5 Å². The van der Waals surface area contributed by atoms with Crippen molar-refractivity contribution in [2.45, 2.75) is 90.4 Å². The van der Waals surface area contributed by atoms with Gasteiger partial charge in [-0.15, -0.1) is 0 Å². The number of aryl methyl sites for hydroxylation is 1. The Bertz CT molecular complexity index is 894. The van der Waals surface area contributed by atoms with E-state index in [2.05, 4.69) is 22.9 Å². The third-order valence-electron chi connectivity index (χ3n) is 6.63. The maximum atomic E-state index is 12.2. The van der Waals surface area contributed by atoms with E-state index < -0.39 is 0 Å². The average Bonchev–Trinajstić information content (AvgIpc) is 2.91. The fourth-order valence-corrected chi connectivity index (χ4v) is 4.33. The summed E-state index contributed by atoms with van der Waals surface area (Å²) in [6.45, 7) is 3.47. The second-order valence-corrected chi connectivity index (χ2v) is 9.74. The number of unbranched alkanes of at least 4 members (excludes halogenated alkanes) is 11. The van der Waals surface area contributed by atoms with Crippen LogP contribution < -0.4 is 48.1 Å². The van der Waals surface area contributed by atoms with Gasteiger partial charge in [0.2, 0.25) is 0 Å². The number of ether oxygens (including phenoxy) is 3. The second-order valence-electron chi connectivity index (χ2n) is 9.74. The Morgan fingerprint density at radius 3 is 2.13 bits per heavy atom. The molecule has 0 spiro atoms. The summed E-state index contributed by atoms with van der Waals surface area (Å²) >= 11 is 0. The van der Waals surface area contributed by atoms with Crippen molar-refractivity contribution < 1.29 is 47.5 Å². The fourth-order valence-electron chi connectivity index (χ4n) is 4.33. The molecule has 0 saturated heterocycles. The molecule has 6 nitrogen and oxygen atoms in total. The quantitative estimate of drug-likeness (QED) is 0.129. The van der Waals surface area contributed by atoms with Gasteiger partial charge in [0.1, 0.15) is 12.8 Å². The van der Waals surface area contributed by atoms with Crippen molar-refractivity contribution in [3.63, 3.8) is 0 Å². The third kappa shape index (κ3) is 14.8. The van der Waals surface area contributed by atoms with Crippen LogP contribution in [0.1, 0.15) is 89.7 Å². The maximum absolute atomic E-state index is 12.2. The van der Waals surface area contributed by atoms with Gasteiger partial charge in [-0.3, -0.25) is 4.79 Å². The van der Waals surface area contributed by atoms with Gasteiger partial charge in [0.25, 0.3) is 5.91 Å². The molecule has 1 heterocycles. The van der Waals surface area contributed by atoms with Crippen molar-refractivity contribution in [1.82, 2.24) is 5.32 Å². The SMILES string of the molecule is CCCCCCCCCCCCCCOc1ccc(OCC(=O)NCCc2cccc[n+]2C)cc1OC.[I-]. The summed E-state index contributed by atoms with van der Waals surface area (Å²) in [6.07, 6.45) is 18.7. The van der Waals surface area contributed by atoms with Crippen LogP contribution in [-0.2, 0) is 18.3 Å². The molecule has 0 bridgehead atoms. The molecule has 214 valence electrons. The molecule has 0 saturated carbocycles. The molecule has 2 aromatic rings. The van der Waals surface area contributed by atoms with Crippen LogP contribution >= 0.6 is 0 Å². The minimum absolute atomic E-state index is 0. The standard InChI is InChI=1S/C31H48N2O4.HI/c1-4-5-6-7-8-9-10-11-12-13-14-17-24-36-29-20-19-28(25-30(29)35-3)37-26-31(34)32-22-21-27-18-15-16-23-33(27)2;/h15-16,18-20,23,25H,4-14,17,21-22,24,26H2,1-3H3;1H. The van der Waals surface area contributed by atoms with E-state index in [1.54, 1.807) is 13.2 Å². The van der Waals surface area contributed by atoms with E-state index in [-0.39, 0.29) is 36.5 Å². The van der Waals surface area contributed by atoms with Crippen LogP contribution in [-0.4, -0.2) is 32.8 Å². The van der Waals surface area contributed by atoms with E-state index in [4.69, 9.17) is 14.2 Å². The minimum Gasteiger partial charge on any atom is -1.00 e. The number of amides is 1. The van der Waals surface area contributed by atoms with Gasteiger partial charge in [0.15, 0.2) is 30.0 Å². The molecule has 1 aromatic heterocycles. The molecule has 0 fully saturated rings. The van der Waals surface area contributed by atoms with Gasteiger partial charge in [0, 0.05) is 31.2 Å². The molecule has 0 atom stereocenters. The van der Waals surface area contributed by atoms with Crippen molar-refractivity contribution in [2.75, 3.05) is 26.9 Å². The van der Waals surface area contributed by atoms with Gasteiger partial charge in [-0.1, -0.05) is 83.6 Å². The minimum atomic E-state index is -0.148. The molecule has 2 rings (SSSR count). The van der Waals surface area contributed by atoms with Crippen molar-refractivity contribution >= 4 is 5.91 Å². The van der Waals surface area contributed by atoms with Crippen LogP contribution in [0.5, 0.6) is 17.2 Å². The van der Waals surface area contributed by atoms with Gasteiger partial charge >= 0.3 is 0 Å². The first kappa shape index (κ1) is 34.0. The zero-order chi connectivity index (χ0) is 26.6. The molecule has 7 heteroatoms. The van der Waals surface area contributed by atoms with E-state index in [0.717, 1.165) is 18.5 Å². The van der Waals surface area contributed by atoms with E-state index in [1.807, 2.05) is 37.5 Å². The number of hydrogen-bond acceptors (Lipinski definition) is 4. The normalized spacial score (nSPS) is 10.5. The molecule has 1 aromatic carbocycles. The second kappa shape index (κ2) is 21.9. The van der Waals surface area contributed by atoms with E-state index in [9.17, 15) is 4.79 Å². The number of aromatic nitrogens is 1. The number of methoxy groups -OCH3 is 1. The fraction of sp³-hybridized carbons (Fsp3) is 0.613. The first-order valence-electron chi connectivity index (χ1n) is 14.3. The van der Waals surface area contributed by atoms with Crippen LogP contribution in [0.15, 0.2) is 42.6 Å². The van der Waals surface area contributed by atoms with Crippen molar-refractivity contribution in [3.05, 3.63) is 48.3 Å². The van der Waals surface area contributed by atoms with Crippen LogP contribution in [0.4, 0.5) is 0 Å². The lowest BCUT2D eigenvalue weighted by Crippen LogP contribution is -3.00.